The molecule has 1 aliphatic heterocycles. The molecule has 0 spiro atoms. The number of hydrogen-bond donors (Lipinski definition) is 1. The maximum absolute atomic E-state index is 12.3. The fourth-order valence-corrected chi connectivity index (χ4v) is 4.03. The molecule has 1 fully saturated rings. The van der Waals surface area contributed by atoms with Crippen molar-refractivity contribution >= 4 is 62.1 Å². The normalized spacial score (nSPS) is 16.1. The SMILES string of the molecule is O=C1NC(=Nc2ccccc2Br)S/C1=C\c1ccc(OCc2ccc(Cl)cc2)cc1. The number of rotatable bonds is 5. The number of aliphatic imine (C=N–C) groups is 1. The number of para-hydroxylation sites is 1. The monoisotopic (exact) mass is 498 g/mol. The minimum Gasteiger partial charge on any atom is -0.489 e. The molecule has 1 heterocycles. The number of amidine groups is 1. The molecule has 4 nitrogen and oxygen atoms in total. The van der Waals surface area contributed by atoms with Crippen LogP contribution < -0.4 is 10.1 Å². The molecule has 0 bridgehead atoms. The van der Waals surface area contributed by atoms with E-state index < -0.39 is 0 Å². The Morgan fingerprint density at radius 3 is 2.50 bits per heavy atom. The highest BCUT2D eigenvalue weighted by Gasteiger charge is 2.24. The van der Waals surface area contributed by atoms with Crippen LogP contribution in [0.15, 0.2) is 87.2 Å². The zero-order valence-electron chi connectivity index (χ0n) is 15.6. The summed E-state index contributed by atoms with van der Waals surface area (Å²) in [6.07, 6.45) is 1.84. The van der Waals surface area contributed by atoms with Crippen molar-refractivity contribution in [3.8, 4) is 5.75 Å². The fraction of sp³-hybridized carbons (Fsp3) is 0.0435. The van der Waals surface area contributed by atoms with Crippen molar-refractivity contribution in [2.45, 2.75) is 6.61 Å². The van der Waals surface area contributed by atoms with Crippen LogP contribution in [0.2, 0.25) is 5.02 Å². The molecule has 1 saturated heterocycles. The number of hydrogen-bond acceptors (Lipinski definition) is 4. The Hall–Kier alpha value is -2.54. The lowest BCUT2D eigenvalue weighted by atomic mass is 10.2. The molecule has 0 aliphatic carbocycles. The summed E-state index contributed by atoms with van der Waals surface area (Å²) in [5, 5.41) is 4.06. The van der Waals surface area contributed by atoms with E-state index in [0.717, 1.165) is 27.0 Å². The molecule has 1 amide bonds. The van der Waals surface area contributed by atoms with E-state index in [-0.39, 0.29) is 5.91 Å². The van der Waals surface area contributed by atoms with Gasteiger partial charge in [0, 0.05) is 9.50 Å². The Morgan fingerprint density at radius 1 is 1.03 bits per heavy atom. The van der Waals surface area contributed by atoms with E-state index in [1.54, 1.807) is 0 Å². The van der Waals surface area contributed by atoms with E-state index in [2.05, 4.69) is 26.2 Å². The number of nitrogens with one attached hydrogen (secondary N) is 1. The summed E-state index contributed by atoms with van der Waals surface area (Å²) in [6.45, 7) is 0.463. The topological polar surface area (TPSA) is 50.7 Å². The number of carbonyl (C=O) groups excluding carboxylic acids is 1. The highest BCUT2D eigenvalue weighted by molar-refractivity contribution is 9.10. The molecular formula is C23H16BrClN2O2S. The molecule has 3 aromatic rings. The largest absolute Gasteiger partial charge is 0.489 e. The zero-order valence-corrected chi connectivity index (χ0v) is 18.8. The van der Waals surface area contributed by atoms with Gasteiger partial charge in [0.25, 0.3) is 5.91 Å². The van der Waals surface area contributed by atoms with E-state index in [4.69, 9.17) is 16.3 Å². The van der Waals surface area contributed by atoms with E-state index in [0.29, 0.717) is 21.7 Å². The van der Waals surface area contributed by atoms with Gasteiger partial charge >= 0.3 is 0 Å². The first-order valence-electron chi connectivity index (χ1n) is 9.08. The maximum Gasteiger partial charge on any atom is 0.264 e. The van der Waals surface area contributed by atoms with Gasteiger partial charge in [-0.05, 0) is 81.3 Å². The van der Waals surface area contributed by atoms with Gasteiger partial charge in [-0.3, -0.25) is 4.79 Å². The van der Waals surface area contributed by atoms with Crippen LogP contribution >= 0.6 is 39.3 Å². The van der Waals surface area contributed by atoms with Gasteiger partial charge in [0.05, 0.1) is 10.6 Å². The van der Waals surface area contributed by atoms with E-state index in [1.165, 1.54) is 11.8 Å². The van der Waals surface area contributed by atoms with Crippen molar-refractivity contribution in [1.29, 1.82) is 0 Å². The Labute approximate surface area is 192 Å². The molecule has 30 heavy (non-hydrogen) atoms. The molecule has 1 N–H and O–H groups in total. The molecule has 3 aromatic carbocycles. The molecule has 0 aromatic heterocycles. The number of carbonyl (C=O) groups is 1. The van der Waals surface area contributed by atoms with Crippen LogP contribution in [-0.4, -0.2) is 11.1 Å². The molecule has 0 radical (unpaired) electrons. The highest BCUT2D eigenvalue weighted by atomic mass is 79.9. The third-order valence-electron chi connectivity index (χ3n) is 4.22. The van der Waals surface area contributed by atoms with Crippen LogP contribution in [0.25, 0.3) is 6.08 Å². The summed E-state index contributed by atoms with van der Waals surface area (Å²) < 4.78 is 6.67. The van der Waals surface area contributed by atoms with Crippen LogP contribution in [-0.2, 0) is 11.4 Å². The molecule has 7 heteroatoms. The number of thioether (sulfide) groups is 1. The fourth-order valence-electron chi connectivity index (χ4n) is 2.69. The summed E-state index contributed by atoms with van der Waals surface area (Å²) in [7, 11) is 0. The molecule has 0 atom stereocenters. The first-order chi connectivity index (χ1) is 14.6. The van der Waals surface area contributed by atoms with Crippen molar-refractivity contribution in [3.63, 3.8) is 0 Å². The number of halogens is 2. The molecule has 0 saturated carbocycles. The maximum atomic E-state index is 12.3. The van der Waals surface area contributed by atoms with Gasteiger partial charge in [-0.2, -0.15) is 0 Å². The van der Waals surface area contributed by atoms with Gasteiger partial charge in [0.1, 0.15) is 12.4 Å². The van der Waals surface area contributed by atoms with E-state index >= 15 is 0 Å². The summed E-state index contributed by atoms with van der Waals surface area (Å²) in [5.74, 6) is 0.598. The van der Waals surface area contributed by atoms with Crippen molar-refractivity contribution in [2.75, 3.05) is 0 Å². The predicted molar refractivity (Wildman–Crippen MR) is 127 cm³/mol. The Morgan fingerprint density at radius 2 is 1.77 bits per heavy atom. The van der Waals surface area contributed by atoms with Crippen LogP contribution in [0.1, 0.15) is 11.1 Å². The summed E-state index contributed by atoms with van der Waals surface area (Å²) in [6, 6.07) is 22.8. The Bertz CT molecular complexity index is 1130. The number of benzene rings is 3. The number of amides is 1. The second kappa shape index (κ2) is 9.51. The van der Waals surface area contributed by atoms with Crippen LogP contribution in [0.3, 0.4) is 0 Å². The molecule has 0 unspecified atom stereocenters. The van der Waals surface area contributed by atoms with Crippen molar-refractivity contribution in [3.05, 3.63) is 98.3 Å². The van der Waals surface area contributed by atoms with Gasteiger partial charge < -0.3 is 10.1 Å². The van der Waals surface area contributed by atoms with Crippen LogP contribution in [0, 0.1) is 0 Å². The highest BCUT2D eigenvalue weighted by Crippen LogP contribution is 2.31. The zero-order chi connectivity index (χ0) is 20.9. The molecule has 4 rings (SSSR count). The lowest BCUT2D eigenvalue weighted by Gasteiger charge is -2.06. The first kappa shape index (κ1) is 20.7. The third-order valence-corrected chi connectivity index (χ3v) is 6.05. The van der Waals surface area contributed by atoms with Gasteiger partial charge in [-0.15, -0.1) is 0 Å². The molecule has 1 aliphatic rings. The lowest BCUT2D eigenvalue weighted by Crippen LogP contribution is -2.19. The van der Waals surface area contributed by atoms with E-state index in [9.17, 15) is 4.79 Å². The predicted octanol–water partition coefficient (Wildman–Crippen LogP) is 6.57. The Balaban J connectivity index is 1.41. The second-order valence-electron chi connectivity index (χ2n) is 6.42. The average Bonchev–Trinajstić information content (AvgIpc) is 3.09. The van der Waals surface area contributed by atoms with Gasteiger partial charge in [0.2, 0.25) is 0 Å². The summed E-state index contributed by atoms with van der Waals surface area (Å²) in [5.41, 5.74) is 2.72. The number of ether oxygens (including phenoxy) is 1. The average molecular weight is 500 g/mol. The van der Waals surface area contributed by atoms with Crippen LogP contribution in [0.5, 0.6) is 5.75 Å². The van der Waals surface area contributed by atoms with Crippen LogP contribution in [0.4, 0.5) is 5.69 Å². The minimum absolute atomic E-state index is 0.158. The summed E-state index contributed by atoms with van der Waals surface area (Å²) >= 11 is 10.7. The standard InChI is InChI=1S/C23H16BrClN2O2S/c24-19-3-1-2-4-20(19)26-23-27-22(28)21(30-23)13-15-7-11-18(12-8-15)29-14-16-5-9-17(25)10-6-16/h1-13H,14H2,(H,26,27,28)/b21-13-. The Kier molecular flexibility index (Phi) is 6.57. The van der Waals surface area contributed by atoms with Crippen molar-refractivity contribution in [1.82, 2.24) is 5.32 Å². The first-order valence-corrected chi connectivity index (χ1v) is 11.1. The van der Waals surface area contributed by atoms with Gasteiger partial charge in [-0.25, -0.2) is 4.99 Å². The third kappa shape index (κ3) is 5.33. The quantitative estimate of drug-likeness (QED) is 0.404. The molecular weight excluding hydrogens is 484 g/mol. The molecule has 150 valence electrons. The second-order valence-corrected chi connectivity index (χ2v) is 8.74. The smallest absolute Gasteiger partial charge is 0.264 e. The lowest BCUT2D eigenvalue weighted by molar-refractivity contribution is -0.115. The van der Waals surface area contributed by atoms with Crippen molar-refractivity contribution in [2.24, 2.45) is 4.99 Å². The summed E-state index contributed by atoms with van der Waals surface area (Å²) in [4.78, 5) is 17.4. The van der Waals surface area contributed by atoms with Crippen molar-refractivity contribution < 1.29 is 9.53 Å². The van der Waals surface area contributed by atoms with Gasteiger partial charge in [0.15, 0.2) is 5.17 Å². The minimum atomic E-state index is -0.158. The number of nitrogens with zero attached hydrogens (tertiary/aromatic N) is 1. The van der Waals surface area contributed by atoms with E-state index in [1.807, 2.05) is 78.9 Å². The van der Waals surface area contributed by atoms with Gasteiger partial charge in [-0.1, -0.05) is 48.0 Å².